The molecule has 2 rings (SSSR count). The van der Waals surface area contributed by atoms with E-state index in [-0.39, 0.29) is 6.10 Å². The molecule has 1 unspecified atom stereocenters. The maximum absolute atomic E-state index is 6.14. The molecule has 0 aliphatic rings. The Morgan fingerprint density at radius 2 is 1.88 bits per heavy atom. The number of anilines is 1. The van der Waals surface area contributed by atoms with Crippen molar-refractivity contribution in [3.05, 3.63) is 17.1 Å². The van der Waals surface area contributed by atoms with E-state index in [0.29, 0.717) is 5.82 Å². The molecule has 2 aromatic rings. The number of thioether (sulfide) groups is 1. The van der Waals surface area contributed by atoms with Gasteiger partial charge in [0.2, 0.25) is 0 Å². The number of aromatic nitrogens is 3. The number of unbranched alkanes of at least 4 members (excludes halogenated alkanes) is 2. The van der Waals surface area contributed by atoms with E-state index in [1.54, 1.807) is 7.11 Å². The fourth-order valence-electron chi connectivity index (χ4n) is 2.98. The molecule has 0 aromatic carbocycles. The summed E-state index contributed by atoms with van der Waals surface area (Å²) in [7, 11) is 1.72. The number of pyridine rings is 1. The Kier molecular flexibility index (Phi) is 7.56. The van der Waals surface area contributed by atoms with Gasteiger partial charge < -0.3 is 15.0 Å². The molecule has 0 saturated heterocycles. The highest BCUT2D eigenvalue weighted by atomic mass is 32.2. The Morgan fingerprint density at radius 3 is 2.56 bits per heavy atom. The van der Waals surface area contributed by atoms with Gasteiger partial charge in [-0.1, -0.05) is 13.3 Å². The van der Waals surface area contributed by atoms with E-state index in [2.05, 4.69) is 35.2 Å². The van der Waals surface area contributed by atoms with Crippen LogP contribution in [0.1, 0.15) is 62.7 Å². The van der Waals surface area contributed by atoms with Gasteiger partial charge in [-0.05, 0) is 57.1 Å². The minimum atomic E-state index is -0.0644. The van der Waals surface area contributed by atoms with E-state index >= 15 is 0 Å². The molecule has 0 aliphatic heterocycles. The highest BCUT2D eigenvalue weighted by Crippen LogP contribution is 2.29. The number of nitrogens with zero attached hydrogens (tertiary/aromatic N) is 3. The van der Waals surface area contributed by atoms with Gasteiger partial charge in [0.25, 0.3) is 0 Å². The summed E-state index contributed by atoms with van der Waals surface area (Å²) in [5.74, 6) is 3.95. The topological polar surface area (TPSA) is 66.0 Å². The van der Waals surface area contributed by atoms with Gasteiger partial charge in [-0.2, -0.15) is 11.8 Å². The van der Waals surface area contributed by atoms with Crippen molar-refractivity contribution in [2.24, 2.45) is 0 Å². The molecule has 2 heterocycles. The zero-order valence-corrected chi connectivity index (χ0v) is 17.1. The van der Waals surface area contributed by atoms with E-state index in [0.717, 1.165) is 41.1 Å². The molecule has 0 bridgehead atoms. The van der Waals surface area contributed by atoms with Crippen LogP contribution in [0.4, 0.5) is 5.82 Å². The first kappa shape index (κ1) is 20.0. The van der Waals surface area contributed by atoms with Crippen LogP contribution in [0.2, 0.25) is 0 Å². The zero-order chi connectivity index (χ0) is 18.4. The van der Waals surface area contributed by atoms with Crippen LogP contribution in [-0.4, -0.2) is 33.2 Å². The molecule has 2 N–H and O–H groups in total. The molecule has 1 atom stereocenters. The van der Waals surface area contributed by atoms with Crippen molar-refractivity contribution in [2.45, 2.75) is 66.0 Å². The lowest BCUT2D eigenvalue weighted by atomic mass is 10.2. The van der Waals surface area contributed by atoms with Crippen LogP contribution < -0.4 is 5.73 Å². The van der Waals surface area contributed by atoms with E-state index < -0.39 is 0 Å². The standard InChI is InChI=1S/C19H32N4OS/c1-6-7-11-25-12-9-8-10-23-17-13(2)14(3)21-18(20)16(17)22-19(23)15(4)24-5/h15H,6-12H2,1-5H3,(H2,20,21). The fraction of sp³-hybridized carbons (Fsp3) is 0.684. The van der Waals surface area contributed by atoms with Crippen molar-refractivity contribution in [1.82, 2.24) is 14.5 Å². The number of rotatable bonds is 10. The third-order valence-corrected chi connectivity index (χ3v) is 5.86. The van der Waals surface area contributed by atoms with Gasteiger partial charge in [-0.15, -0.1) is 0 Å². The Bertz CT molecular complexity index is 699. The number of aryl methyl sites for hydroxylation is 3. The molecule has 0 fully saturated rings. The summed E-state index contributed by atoms with van der Waals surface area (Å²) in [6, 6.07) is 0. The van der Waals surface area contributed by atoms with E-state index in [9.17, 15) is 0 Å². The SMILES string of the molecule is CCCCSCCCCn1c(C(C)OC)nc2c(N)nc(C)c(C)c21. The minimum Gasteiger partial charge on any atom is -0.382 e. The number of nitrogen functional groups attached to an aromatic ring is 1. The van der Waals surface area contributed by atoms with Crippen LogP contribution in [0.5, 0.6) is 0 Å². The van der Waals surface area contributed by atoms with Crippen molar-refractivity contribution in [3.8, 4) is 0 Å². The number of nitrogens with two attached hydrogens (primary N) is 1. The van der Waals surface area contributed by atoms with Gasteiger partial charge in [-0.25, -0.2) is 9.97 Å². The lowest BCUT2D eigenvalue weighted by Gasteiger charge is -2.15. The van der Waals surface area contributed by atoms with Crippen molar-refractivity contribution >= 4 is 28.6 Å². The molecular formula is C19H32N4OS. The van der Waals surface area contributed by atoms with E-state index in [1.807, 2.05) is 13.8 Å². The first-order valence-electron chi connectivity index (χ1n) is 9.24. The number of imidazole rings is 1. The van der Waals surface area contributed by atoms with Crippen molar-refractivity contribution in [3.63, 3.8) is 0 Å². The number of fused-ring (bicyclic) bond motifs is 1. The van der Waals surface area contributed by atoms with Crippen LogP contribution >= 0.6 is 11.8 Å². The molecule has 0 aliphatic carbocycles. The van der Waals surface area contributed by atoms with Gasteiger partial charge in [0.1, 0.15) is 17.4 Å². The molecule has 140 valence electrons. The van der Waals surface area contributed by atoms with Crippen LogP contribution in [-0.2, 0) is 11.3 Å². The zero-order valence-electron chi connectivity index (χ0n) is 16.3. The van der Waals surface area contributed by atoms with Crippen molar-refractivity contribution in [1.29, 1.82) is 0 Å². The normalized spacial score (nSPS) is 12.8. The monoisotopic (exact) mass is 364 g/mol. The number of hydrogen-bond donors (Lipinski definition) is 1. The summed E-state index contributed by atoms with van der Waals surface area (Å²) in [5, 5.41) is 0. The Hall–Kier alpha value is -1.27. The molecule has 2 aromatic heterocycles. The second-order valence-corrected chi connectivity index (χ2v) is 7.80. The van der Waals surface area contributed by atoms with Crippen LogP contribution in [0.3, 0.4) is 0 Å². The number of hydrogen-bond acceptors (Lipinski definition) is 5. The van der Waals surface area contributed by atoms with Crippen LogP contribution in [0.15, 0.2) is 0 Å². The largest absolute Gasteiger partial charge is 0.382 e. The molecule has 0 amide bonds. The van der Waals surface area contributed by atoms with E-state index in [4.69, 9.17) is 15.5 Å². The first-order valence-corrected chi connectivity index (χ1v) is 10.4. The number of ether oxygens (including phenoxy) is 1. The Morgan fingerprint density at radius 1 is 1.16 bits per heavy atom. The summed E-state index contributed by atoms with van der Waals surface area (Å²) in [5.41, 5.74) is 10.2. The molecule has 0 radical (unpaired) electrons. The third-order valence-electron chi connectivity index (χ3n) is 4.71. The summed E-state index contributed by atoms with van der Waals surface area (Å²) in [6.45, 7) is 9.33. The van der Waals surface area contributed by atoms with Gasteiger partial charge in [-0.3, -0.25) is 0 Å². The van der Waals surface area contributed by atoms with Crippen molar-refractivity contribution < 1.29 is 4.74 Å². The average Bonchev–Trinajstić information content (AvgIpc) is 2.98. The maximum atomic E-state index is 6.14. The van der Waals surface area contributed by atoms with Crippen molar-refractivity contribution in [2.75, 3.05) is 24.3 Å². The predicted molar refractivity (Wildman–Crippen MR) is 108 cm³/mol. The molecule has 0 saturated carbocycles. The van der Waals surface area contributed by atoms with Gasteiger partial charge in [0.15, 0.2) is 5.82 Å². The highest BCUT2D eigenvalue weighted by Gasteiger charge is 2.20. The lowest BCUT2D eigenvalue weighted by Crippen LogP contribution is -2.10. The van der Waals surface area contributed by atoms with Gasteiger partial charge in [0, 0.05) is 19.3 Å². The van der Waals surface area contributed by atoms with E-state index in [1.165, 1.54) is 30.8 Å². The first-order chi connectivity index (χ1) is 12.0. The quantitative estimate of drug-likeness (QED) is 0.622. The lowest BCUT2D eigenvalue weighted by molar-refractivity contribution is 0.109. The predicted octanol–water partition coefficient (Wildman–Crippen LogP) is 4.65. The van der Waals surface area contributed by atoms with Gasteiger partial charge in [0.05, 0.1) is 5.52 Å². The summed E-state index contributed by atoms with van der Waals surface area (Å²) in [4.78, 5) is 9.21. The van der Waals surface area contributed by atoms with Gasteiger partial charge >= 0.3 is 0 Å². The molecule has 0 spiro atoms. The van der Waals surface area contributed by atoms with Crippen LogP contribution in [0, 0.1) is 13.8 Å². The Labute approximate surface area is 155 Å². The smallest absolute Gasteiger partial charge is 0.151 e. The fourth-order valence-corrected chi connectivity index (χ4v) is 4.09. The molecule has 5 nitrogen and oxygen atoms in total. The summed E-state index contributed by atoms with van der Waals surface area (Å²) >= 11 is 2.06. The third kappa shape index (κ3) is 4.67. The molecule has 6 heteroatoms. The second kappa shape index (κ2) is 9.43. The Balaban J connectivity index is 2.21. The second-order valence-electron chi connectivity index (χ2n) is 6.58. The summed E-state index contributed by atoms with van der Waals surface area (Å²) < 4.78 is 7.83. The minimum absolute atomic E-state index is 0.0644. The number of methoxy groups -OCH3 is 1. The molecular weight excluding hydrogens is 332 g/mol. The highest BCUT2D eigenvalue weighted by molar-refractivity contribution is 7.99. The average molecular weight is 365 g/mol. The van der Waals surface area contributed by atoms with Crippen LogP contribution in [0.25, 0.3) is 11.0 Å². The molecule has 25 heavy (non-hydrogen) atoms. The maximum Gasteiger partial charge on any atom is 0.151 e. The summed E-state index contributed by atoms with van der Waals surface area (Å²) in [6.07, 6.45) is 4.88.